The second-order valence-corrected chi connectivity index (χ2v) is 8.89. The van der Waals surface area contributed by atoms with Gasteiger partial charge in [0.15, 0.2) is 22.5 Å². The minimum atomic E-state index is -0.0539. The Morgan fingerprint density at radius 1 is 1.10 bits per heavy atom. The number of hydrogen-bond donors (Lipinski definition) is 1. The van der Waals surface area contributed by atoms with Crippen LogP contribution in [-0.4, -0.2) is 55.1 Å². The summed E-state index contributed by atoms with van der Waals surface area (Å²) in [5.41, 5.74) is 3.54. The van der Waals surface area contributed by atoms with Gasteiger partial charge < -0.3 is 4.98 Å². The Balaban J connectivity index is 1.57. The van der Waals surface area contributed by atoms with Gasteiger partial charge in [0, 0.05) is 16.9 Å². The second kappa shape index (κ2) is 9.20. The second-order valence-electron chi connectivity index (χ2n) is 7.95. The van der Waals surface area contributed by atoms with Gasteiger partial charge in [-0.15, -0.1) is 10.2 Å². The van der Waals surface area contributed by atoms with Crippen LogP contribution in [0.1, 0.15) is 57.7 Å². The van der Waals surface area contributed by atoms with Crippen molar-refractivity contribution in [3.05, 3.63) is 58.7 Å². The van der Waals surface area contributed by atoms with Crippen LogP contribution in [0.4, 0.5) is 0 Å². The lowest BCUT2D eigenvalue weighted by atomic mass is 10.1. The largest absolute Gasteiger partial charge is 0.355 e. The van der Waals surface area contributed by atoms with E-state index >= 15 is 0 Å². The summed E-state index contributed by atoms with van der Waals surface area (Å²) in [7, 11) is 0. The van der Waals surface area contributed by atoms with E-state index in [1.54, 1.807) is 0 Å². The predicted octanol–water partition coefficient (Wildman–Crippen LogP) is 3.99. The summed E-state index contributed by atoms with van der Waals surface area (Å²) in [6.07, 6.45) is 2.43. The molecule has 3 aromatic rings. The number of aryl methyl sites for hydroxylation is 1. The Kier molecular flexibility index (Phi) is 6.38. The molecule has 3 heterocycles. The minimum absolute atomic E-state index is 0.0340. The number of H-pyrrole nitrogens is 1. The number of hydrogen-bond acceptors (Lipinski definition) is 6. The van der Waals surface area contributed by atoms with Crippen molar-refractivity contribution in [1.29, 1.82) is 0 Å². The molecule has 162 valence electrons. The number of carbonyl (C=O) groups is 2. The van der Waals surface area contributed by atoms with Gasteiger partial charge in [-0.1, -0.05) is 30.0 Å². The van der Waals surface area contributed by atoms with Gasteiger partial charge >= 0.3 is 0 Å². The van der Waals surface area contributed by atoms with Crippen molar-refractivity contribution in [2.45, 2.75) is 45.3 Å². The summed E-state index contributed by atoms with van der Waals surface area (Å²) in [4.78, 5) is 30.3. The van der Waals surface area contributed by atoms with Gasteiger partial charge in [-0.05, 0) is 64.4 Å². The predicted molar refractivity (Wildman–Crippen MR) is 121 cm³/mol. The van der Waals surface area contributed by atoms with Crippen LogP contribution in [0.25, 0.3) is 5.69 Å². The molecule has 1 saturated heterocycles. The molecule has 0 radical (unpaired) electrons. The molecule has 1 aliphatic rings. The third-order valence-corrected chi connectivity index (χ3v) is 6.61. The molecule has 8 heteroatoms. The van der Waals surface area contributed by atoms with Crippen LogP contribution in [0, 0.1) is 13.8 Å². The topological polar surface area (TPSA) is 83.9 Å². The van der Waals surface area contributed by atoms with E-state index in [1.165, 1.54) is 31.5 Å². The molecule has 0 amide bonds. The first-order valence-electron chi connectivity index (χ1n) is 10.5. The molecule has 31 heavy (non-hydrogen) atoms. The summed E-state index contributed by atoms with van der Waals surface area (Å²) in [5.74, 6) is 1.01. The number of nitrogens with one attached hydrogen (secondary N) is 1. The first kappa shape index (κ1) is 21.5. The zero-order valence-corrected chi connectivity index (χ0v) is 19.0. The number of ketones is 2. The van der Waals surface area contributed by atoms with Crippen molar-refractivity contribution in [3.8, 4) is 5.69 Å². The SMILES string of the molecule is CC(=O)c1c(C)[nH]c(C(=O)CSc2nnc(CN3CCCC3)n2-c2ccccc2)c1C. The Morgan fingerprint density at radius 2 is 1.81 bits per heavy atom. The van der Waals surface area contributed by atoms with E-state index in [9.17, 15) is 9.59 Å². The van der Waals surface area contributed by atoms with Crippen LogP contribution < -0.4 is 0 Å². The van der Waals surface area contributed by atoms with E-state index in [2.05, 4.69) is 20.1 Å². The molecule has 0 atom stereocenters. The van der Waals surface area contributed by atoms with E-state index < -0.39 is 0 Å². The number of thioether (sulfide) groups is 1. The zero-order valence-electron chi connectivity index (χ0n) is 18.1. The maximum Gasteiger partial charge on any atom is 0.196 e. The van der Waals surface area contributed by atoms with Crippen LogP contribution in [-0.2, 0) is 6.54 Å². The monoisotopic (exact) mass is 437 g/mol. The van der Waals surface area contributed by atoms with Crippen LogP contribution in [0.15, 0.2) is 35.5 Å². The molecule has 2 aromatic heterocycles. The smallest absolute Gasteiger partial charge is 0.196 e. The van der Waals surface area contributed by atoms with Gasteiger partial charge in [0.05, 0.1) is 18.0 Å². The van der Waals surface area contributed by atoms with Crippen LogP contribution in [0.2, 0.25) is 0 Å². The molecule has 0 saturated carbocycles. The third kappa shape index (κ3) is 4.50. The Morgan fingerprint density at radius 3 is 2.45 bits per heavy atom. The lowest BCUT2D eigenvalue weighted by Gasteiger charge is -2.15. The van der Waals surface area contributed by atoms with Gasteiger partial charge in [0.25, 0.3) is 0 Å². The number of rotatable bonds is 8. The minimum Gasteiger partial charge on any atom is -0.355 e. The molecule has 1 aromatic carbocycles. The van der Waals surface area contributed by atoms with E-state index in [0.717, 1.165) is 42.4 Å². The van der Waals surface area contributed by atoms with Gasteiger partial charge in [-0.3, -0.25) is 19.1 Å². The summed E-state index contributed by atoms with van der Waals surface area (Å²) in [6, 6.07) is 10.0. The molecule has 0 aliphatic carbocycles. The lowest BCUT2D eigenvalue weighted by Crippen LogP contribution is -2.21. The van der Waals surface area contributed by atoms with Crippen molar-refractivity contribution in [2.24, 2.45) is 0 Å². The summed E-state index contributed by atoms with van der Waals surface area (Å²) in [5, 5.41) is 9.55. The highest BCUT2D eigenvalue weighted by atomic mass is 32.2. The molecular formula is C23H27N5O2S. The molecule has 1 N–H and O–H groups in total. The van der Waals surface area contributed by atoms with Crippen LogP contribution >= 0.6 is 11.8 Å². The maximum atomic E-state index is 12.9. The normalized spacial score (nSPS) is 14.3. The van der Waals surface area contributed by atoms with Crippen molar-refractivity contribution < 1.29 is 9.59 Å². The number of carbonyl (C=O) groups excluding carboxylic acids is 2. The summed E-state index contributed by atoms with van der Waals surface area (Å²) >= 11 is 1.37. The van der Waals surface area contributed by atoms with Gasteiger partial charge in [0.1, 0.15) is 0 Å². The molecule has 0 unspecified atom stereocenters. The number of benzene rings is 1. The first-order chi connectivity index (χ1) is 15.0. The van der Waals surface area contributed by atoms with Crippen molar-refractivity contribution in [1.82, 2.24) is 24.6 Å². The molecule has 7 nitrogen and oxygen atoms in total. The van der Waals surface area contributed by atoms with E-state index in [1.807, 2.05) is 48.7 Å². The van der Waals surface area contributed by atoms with E-state index in [0.29, 0.717) is 16.4 Å². The number of Topliss-reactive ketones (excluding diaryl/α,β-unsaturated/α-hetero) is 2. The third-order valence-electron chi connectivity index (χ3n) is 5.68. The quantitative estimate of drug-likeness (QED) is 0.424. The van der Waals surface area contributed by atoms with Crippen LogP contribution in [0.3, 0.4) is 0 Å². The number of likely N-dealkylation sites (tertiary alicyclic amines) is 1. The fourth-order valence-electron chi connectivity index (χ4n) is 4.23. The molecule has 4 rings (SSSR count). The summed E-state index contributed by atoms with van der Waals surface area (Å²) in [6.45, 7) is 8.06. The van der Waals surface area contributed by atoms with Crippen molar-refractivity contribution >= 4 is 23.3 Å². The number of aromatic amines is 1. The molecule has 0 bridgehead atoms. The van der Waals surface area contributed by atoms with Crippen molar-refractivity contribution in [3.63, 3.8) is 0 Å². The van der Waals surface area contributed by atoms with Crippen molar-refractivity contribution in [2.75, 3.05) is 18.8 Å². The standard InChI is InChI=1S/C23H27N5O2S/c1-15-21(17(3)29)16(2)24-22(15)19(30)14-31-23-26-25-20(13-27-11-7-8-12-27)28(23)18-9-5-4-6-10-18/h4-6,9-10,24H,7-8,11-14H2,1-3H3. The fraction of sp³-hybridized carbons (Fsp3) is 0.391. The van der Waals surface area contributed by atoms with Gasteiger partial charge in [-0.25, -0.2) is 0 Å². The first-order valence-corrected chi connectivity index (χ1v) is 11.5. The highest BCUT2D eigenvalue weighted by Crippen LogP contribution is 2.26. The molecule has 0 spiro atoms. The zero-order chi connectivity index (χ0) is 22.0. The van der Waals surface area contributed by atoms with E-state index in [-0.39, 0.29) is 17.3 Å². The number of aromatic nitrogens is 4. The highest BCUT2D eigenvalue weighted by molar-refractivity contribution is 7.99. The fourth-order valence-corrected chi connectivity index (χ4v) is 5.08. The lowest BCUT2D eigenvalue weighted by molar-refractivity contribution is 0.101. The molecular weight excluding hydrogens is 410 g/mol. The van der Waals surface area contributed by atoms with E-state index in [4.69, 9.17) is 0 Å². The van der Waals surface area contributed by atoms with Gasteiger partial charge in [-0.2, -0.15) is 0 Å². The highest BCUT2D eigenvalue weighted by Gasteiger charge is 2.23. The maximum absolute atomic E-state index is 12.9. The average Bonchev–Trinajstić information content (AvgIpc) is 3.47. The molecule has 1 fully saturated rings. The van der Waals surface area contributed by atoms with Gasteiger partial charge in [0.2, 0.25) is 0 Å². The van der Waals surface area contributed by atoms with Crippen LogP contribution in [0.5, 0.6) is 0 Å². The number of nitrogens with zero attached hydrogens (tertiary/aromatic N) is 4. The molecule has 1 aliphatic heterocycles. The Hall–Kier alpha value is -2.71. The average molecular weight is 438 g/mol. The number of para-hydroxylation sites is 1. The Bertz CT molecular complexity index is 1100. The Labute approximate surface area is 186 Å². The summed E-state index contributed by atoms with van der Waals surface area (Å²) < 4.78 is 2.05.